The number of hydrogen-bond acceptors (Lipinski definition) is 3. The number of halogens is 1. The van der Waals surface area contributed by atoms with Gasteiger partial charge in [0.2, 0.25) is 5.91 Å². The van der Waals surface area contributed by atoms with E-state index in [0.29, 0.717) is 31.1 Å². The Hall–Kier alpha value is -2.96. The topological polar surface area (TPSA) is 65.5 Å². The van der Waals surface area contributed by atoms with Gasteiger partial charge in [-0.3, -0.25) is 9.69 Å². The molecule has 1 aromatic heterocycles. The summed E-state index contributed by atoms with van der Waals surface area (Å²) >= 11 is 0. The molecular formula is C22H25FN4O2. The average molecular weight is 396 g/mol. The number of rotatable bonds is 5. The van der Waals surface area contributed by atoms with Crippen LogP contribution in [0.4, 0.5) is 20.7 Å². The number of nitrogens with one attached hydrogen (secondary N) is 1. The van der Waals surface area contributed by atoms with Gasteiger partial charge in [0.1, 0.15) is 11.6 Å². The highest BCUT2D eigenvalue weighted by molar-refractivity contribution is 5.94. The van der Waals surface area contributed by atoms with Crippen LogP contribution in [0.25, 0.3) is 0 Å². The predicted octanol–water partition coefficient (Wildman–Crippen LogP) is 4.18. The Labute approximate surface area is 169 Å². The maximum atomic E-state index is 13.1. The average Bonchev–Trinajstić information content (AvgIpc) is 3.11. The van der Waals surface area contributed by atoms with Crippen molar-refractivity contribution >= 4 is 23.4 Å². The van der Waals surface area contributed by atoms with E-state index in [2.05, 4.69) is 10.3 Å². The third kappa shape index (κ3) is 4.55. The van der Waals surface area contributed by atoms with Crippen molar-refractivity contribution in [2.45, 2.75) is 38.6 Å². The van der Waals surface area contributed by atoms with Crippen LogP contribution >= 0.6 is 0 Å². The molecule has 2 heterocycles. The number of anilines is 2. The summed E-state index contributed by atoms with van der Waals surface area (Å²) in [7, 11) is 0. The lowest BCUT2D eigenvalue weighted by atomic mass is 9.88. The van der Waals surface area contributed by atoms with Crippen molar-refractivity contribution in [3.63, 3.8) is 0 Å². The number of amides is 3. The number of carbonyl (C=O) groups is 2. The molecule has 1 aromatic carbocycles. The SMILES string of the molecule is O=C(Nc1ccc(N2CCN(Cc3ccc(F)cc3)C2=O)nc1)C1CCCCC1. The lowest BCUT2D eigenvalue weighted by Gasteiger charge is -2.21. The molecule has 0 atom stereocenters. The zero-order valence-electron chi connectivity index (χ0n) is 16.3. The summed E-state index contributed by atoms with van der Waals surface area (Å²) in [5.41, 5.74) is 1.54. The van der Waals surface area contributed by atoms with Gasteiger partial charge in [-0.2, -0.15) is 0 Å². The van der Waals surface area contributed by atoms with Crippen molar-refractivity contribution in [3.8, 4) is 0 Å². The van der Waals surface area contributed by atoms with E-state index in [1.165, 1.54) is 18.6 Å². The highest BCUT2D eigenvalue weighted by atomic mass is 19.1. The molecule has 0 unspecified atom stereocenters. The van der Waals surface area contributed by atoms with Crippen LogP contribution in [0.15, 0.2) is 42.6 Å². The fourth-order valence-electron chi connectivity index (χ4n) is 3.98. The van der Waals surface area contributed by atoms with E-state index in [1.54, 1.807) is 40.3 Å². The molecule has 1 aliphatic carbocycles. The van der Waals surface area contributed by atoms with Gasteiger partial charge in [0.05, 0.1) is 11.9 Å². The maximum Gasteiger partial charge on any atom is 0.326 e. The van der Waals surface area contributed by atoms with Crippen LogP contribution in [0.5, 0.6) is 0 Å². The van der Waals surface area contributed by atoms with Crippen LogP contribution in [0.3, 0.4) is 0 Å². The van der Waals surface area contributed by atoms with Gasteiger partial charge in [0, 0.05) is 25.6 Å². The number of aromatic nitrogens is 1. The van der Waals surface area contributed by atoms with Gasteiger partial charge in [0.25, 0.3) is 0 Å². The molecule has 2 aliphatic rings. The van der Waals surface area contributed by atoms with E-state index >= 15 is 0 Å². The zero-order valence-corrected chi connectivity index (χ0v) is 16.3. The van der Waals surface area contributed by atoms with E-state index in [0.717, 1.165) is 31.2 Å². The first-order chi connectivity index (χ1) is 14.1. The Kier molecular flexibility index (Phi) is 5.74. The Morgan fingerprint density at radius 3 is 2.52 bits per heavy atom. The number of hydrogen-bond donors (Lipinski definition) is 1. The Bertz CT molecular complexity index is 863. The van der Waals surface area contributed by atoms with Gasteiger partial charge < -0.3 is 10.2 Å². The second kappa shape index (κ2) is 8.59. The molecule has 1 N–H and O–H groups in total. The van der Waals surface area contributed by atoms with Gasteiger partial charge in [-0.15, -0.1) is 0 Å². The van der Waals surface area contributed by atoms with Gasteiger partial charge in [-0.05, 0) is 42.7 Å². The van der Waals surface area contributed by atoms with Gasteiger partial charge in [-0.25, -0.2) is 14.2 Å². The predicted molar refractivity (Wildman–Crippen MR) is 109 cm³/mol. The summed E-state index contributed by atoms with van der Waals surface area (Å²) in [6, 6.07) is 9.60. The maximum absolute atomic E-state index is 13.1. The summed E-state index contributed by atoms with van der Waals surface area (Å²) < 4.78 is 13.1. The third-order valence-corrected chi connectivity index (χ3v) is 5.65. The zero-order chi connectivity index (χ0) is 20.2. The fourth-order valence-corrected chi connectivity index (χ4v) is 3.98. The quantitative estimate of drug-likeness (QED) is 0.824. The van der Waals surface area contributed by atoms with Crippen molar-refractivity contribution in [2.75, 3.05) is 23.3 Å². The minimum Gasteiger partial charge on any atom is -0.324 e. The molecule has 0 spiro atoms. The molecule has 3 amide bonds. The van der Waals surface area contributed by atoms with Crippen LogP contribution in [0.2, 0.25) is 0 Å². The van der Waals surface area contributed by atoms with Crippen molar-refractivity contribution in [2.24, 2.45) is 5.92 Å². The molecule has 1 saturated heterocycles. The molecule has 6 nitrogen and oxygen atoms in total. The van der Waals surface area contributed by atoms with Crippen LogP contribution < -0.4 is 10.2 Å². The van der Waals surface area contributed by atoms with Gasteiger partial charge in [-0.1, -0.05) is 31.4 Å². The lowest BCUT2D eigenvalue weighted by molar-refractivity contribution is -0.120. The first-order valence-corrected chi connectivity index (χ1v) is 10.2. The Morgan fingerprint density at radius 2 is 1.83 bits per heavy atom. The Morgan fingerprint density at radius 1 is 1.07 bits per heavy atom. The molecule has 152 valence electrons. The van der Waals surface area contributed by atoms with E-state index in [1.807, 2.05) is 0 Å². The monoisotopic (exact) mass is 396 g/mol. The summed E-state index contributed by atoms with van der Waals surface area (Å²) in [6.45, 7) is 1.56. The molecule has 7 heteroatoms. The molecule has 1 saturated carbocycles. The normalized spacial score (nSPS) is 17.6. The van der Waals surface area contributed by atoms with Crippen molar-refractivity contribution < 1.29 is 14.0 Å². The minimum absolute atomic E-state index is 0.0574. The first kappa shape index (κ1) is 19.4. The first-order valence-electron chi connectivity index (χ1n) is 10.2. The van der Waals surface area contributed by atoms with Crippen LogP contribution in [0.1, 0.15) is 37.7 Å². The second-order valence-corrected chi connectivity index (χ2v) is 7.71. The number of benzene rings is 1. The third-order valence-electron chi connectivity index (χ3n) is 5.65. The highest BCUT2D eigenvalue weighted by Gasteiger charge is 2.30. The van der Waals surface area contributed by atoms with Gasteiger partial charge >= 0.3 is 6.03 Å². The molecule has 4 rings (SSSR count). The summed E-state index contributed by atoms with van der Waals surface area (Å²) in [4.78, 5) is 32.8. The standard InChI is InChI=1S/C22H25FN4O2/c23-18-8-6-16(7-9-18)15-26-12-13-27(22(26)29)20-11-10-19(14-24-20)25-21(28)17-4-2-1-3-5-17/h6-11,14,17H,1-5,12-13,15H2,(H,25,28). The number of pyridine rings is 1. The molecule has 0 radical (unpaired) electrons. The summed E-state index contributed by atoms with van der Waals surface area (Å²) in [6.07, 6.45) is 6.93. The molecule has 1 aliphatic heterocycles. The largest absolute Gasteiger partial charge is 0.326 e. The fraction of sp³-hybridized carbons (Fsp3) is 0.409. The van der Waals surface area contributed by atoms with Crippen molar-refractivity contribution in [1.29, 1.82) is 0 Å². The molecule has 2 fully saturated rings. The number of nitrogens with zero attached hydrogens (tertiary/aromatic N) is 3. The van der Waals surface area contributed by atoms with E-state index in [-0.39, 0.29) is 23.7 Å². The van der Waals surface area contributed by atoms with E-state index < -0.39 is 0 Å². The molecular weight excluding hydrogens is 371 g/mol. The number of carbonyl (C=O) groups excluding carboxylic acids is 2. The molecule has 29 heavy (non-hydrogen) atoms. The Balaban J connectivity index is 1.35. The lowest BCUT2D eigenvalue weighted by Crippen LogP contribution is -2.32. The van der Waals surface area contributed by atoms with Gasteiger partial charge in [0.15, 0.2) is 0 Å². The van der Waals surface area contributed by atoms with Crippen molar-refractivity contribution in [3.05, 3.63) is 54.0 Å². The van der Waals surface area contributed by atoms with Crippen molar-refractivity contribution in [1.82, 2.24) is 9.88 Å². The van der Waals surface area contributed by atoms with Crippen LogP contribution in [-0.2, 0) is 11.3 Å². The van der Waals surface area contributed by atoms with E-state index in [9.17, 15) is 14.0 Å². The summed E-state index contributed by atoms with van der Waals surface area (Å²) in [5, 5.41) is 2.94. The van der Waals surface area contributed by atoms with Crippen LogP contribution in [0, 0.1) is 11.7 Å². The minimum atomic E-state index is -0.289. The summed E-state index contributed by atoms with van der Waals surface area (Å²) in [5.74, 6) is 0.417. The molecule has 2 aromatic rings. The van der Waals surface area contributed by atoms with Crippen LogP contribution in [-0.4, -0.2) is 34.9 Å². The smallest absolute Gasteiger partial charge is 0.324 e. The highest BCUT2D eigenvalue weighted by Crippen LogP contribution is 2.26. The van der Waals surface area contributed by atoms with E-state index in [4.69, 9.17) is 0 Å². The molecule has 0 bridgehead atoms. The number of urea groups is 1. The second-order valence-electron chi connectivity index (χ2n) is 7.71.